The molecule has 3 aromatic carbocycles. The average Bonchev–Trinajstić information content (AvgIpc) is 3.50. The van der Waals surface area contributed by atoms with Crippen LogP contribution in [0.15, 0.2) is 78.9 Å². The number of benzene rings is 3. The minimum Gasteiger partial charge on any atom is -0.497 e. The zero-order valence-corrected chi connectivity index (χ0v) is 21.9. The molecule has 1 fully saturated rings. The van der Waals surface area contributed by atoms with Gasteiger partial charge in [-0.2, -0.15) is 0 Å². The lowest BCUT2D eigenvalue weighted by atomic mass is 10.2. The van der Waals surface area contributed by atoms with E-state index in [1.165, 1.54) is 0 Å². The van der Waals surface area contributed by atoms with E-state index in [0.29, 0.717) is 5.56 Å². The highest BCUT2D eigenvalue weighted by Crippen LogP contribution is 2.30. The summed E-state index contributed by atoms with van der Waals surface area (Å²) in [5.74, 6) is -0.473. The number of carbonyl (C=O) groups excluding carboxylic acids is 1. The lowest BCUT2D eigenvalue weighted by Crippen LogP contribution is -2.63. The van der Waals surface area contributed by atoms with E-state index in [2.05, 4.69) is 10.2 Å². The standard InChI is InChI=1S/C29H33ClN2O5/c1-34-25-14-10-22(11-15-25)20-36-29(28(30)32-18-6-7-19-32,31-27(33)24-8-4-3-5-9-24)37-21-23-12-16-26(35-2)17-13-23/h3-5,8-17,28H,6-7,18-21H2,1-2H3,(H,31,33). The summed E-state index contributed by atoms with van der Waals surface area (Å²) < 4.78 is 23.4. The van der Waals surface area contributed by atoms with Crippen LogP contribution in [0.2, 0.25) is 0 Å². The van der Waals surface area contributed by atoms with Crippen molar-refractivity contribution in [2.45, 2.75) is 37.5 Å². The van der Waals surface area contributed by atoms with Crippen molar-refractivity contribution >= 4 is 17.5 Å². The van der Waals surface area contributed by atoms with Gasteiger partial charge in [-0.1, -0.05) is 54.1 Å². The molecule has 0 saturated carbocycles. The molecule has 8 heteroatoms. The Hall–Kier alpha value is -3.10. The number of hydrogen-bond donors (Lipinski definition) is 1. The Balaban J connectivity index is 1.64. The summed E-state index contributed by atoms with van der Waals surface area (Å²) in [6.07, 6.45) is 2.03. The second kappa shape index (κ2) is 12.9. The van der Waals surface area contributed by atoms with E-state index in [1.807, 2.05) is 66.7 Å². The Morgan fingerprint density at radius 2 is 1.32 bits per heavy atom. The molecule has 7 nitrogen and oxygen atoms in total. The number of ether oxygens (including phenoxy) is 4. The minimum absolute atomic E-state index is 0.165. The van der Waals surface area contributed by atoms with Crippen LogP contribution in [0.5, 0.6) is 11.5 Å². The van der Waals surface area contributed by atoms with E-state index in [0.717, 1.165) is 48.6 Å². The minimum atomic E-state index is -1.63. The number of likely N-dealkylation sites (tertiary alicyclic amines) is 1. The number of hydrogen-bond acceptors (Lipinski definition) is 6. The number of halogens is 1. The maximum atomic E-state index is 13.4. The molecule has 1 aliphatic heterocycles. The van der Waals surface area contributed by atoms with Gasteiger partial charge in [-0.3, -0.25) is 15.0 Å². The third-order valence-electron chi connectivity index (χ3n) is 6.32. The third-order valence-corrected chi connectivity index (χ3v) is 6.89. The molecule has 1 amide bonds. The zero-order chi connectivity index (χ0) is 26.1. The summed E-state index contributed by atoms with van der Waals surface area (Å²) in [6, 6.07) is 24.0. The molecule has 1 N–H and O–H groups in total. The second-order valence-corrected chi connectivity index (χ2v) is 9.25. The molecule has 3 aromatic rings. The quantitative estimate of drug-likeness (QED) is 0.200. The van der Waals surface area contributed by atoms with E-state index in [4.69, 9.17) is 30.5 Å². The van der Waals surface area contributed by atoms with E-state index < -0.39 is 11.4 Å². The van der Waals surface area contributed by atoms with Gasteiger partial charge in [0, 0.05) is 5.56 Å². The van der Waals surface area contributed by atoms with Gasteiger partial charge in [0.2, 0.25) is 0 Å². The van der Waals surface area contributed by atoms with Crippen molar-refractivity contribution in [1.29, 1.82) is 0 Å². The molecule has 0 aromatic heterocycles. The van der Waals surface area contributed by atoms with Crippen molar-refractivity contribution in [3.05, 3.63) is 95.6 Å². The molecule has 1 aliphatic rings. The Bertz CT molecular complexity index is 1070. The van der Waals surface area contributed by atoms with Crippen LogP contribution >= 0.6 is 11.6 Å². The highest BCUT2D eigenvalue weighted by atomic mass is 35.5. The molecule has 4 rings (SSSR count). The first-order chi connectivity index (χ1) is 18.0. The summed E-state index contributed by atoms with van der Waals surface area (Å²) in [4.78, 5) is 15.5. The van der Waals surface area contributed by atoms with Gasteiger partial charge < -0.3 is 18.9 Å². The average molecular weight is 525 g/mol. The molecule has 0 bridgehead atoms. The van der Waals surface area contributed by atoms with E-state index >= 15 is 0 Å². The first-order valence-electron chi connectivity index (χ1n) is 12.3. The number of nitrogens with one attached hydrogen (secondary N) is 1. The van der Waals surface area contributed by atoms with Crippen LogP contribution in [-0.2, 0) is 22.7 Å². The van der Waals surface area contributed by atoms with Crippen LogP contribution in [0.4, 0.5) is 0 Å². The molecule has 0 aliphatic carbocycles. The Labute approximate surface area is 223 Å². The molecule has 0 radical (unpaired) electrons. The molecule has 1 unspecified atom stereocenters. The maximum Gasteiger partial charge on any atom is 0.283 e. The van der Waals surface area contributed by atoms with Crippen LogP contribution in [0.3, 0.4) is 0 Å². The molecule has 37 heavy (non-hydrogen) atoms. The third kappa shape index (κ3) is 7.02. The summed E-state index contributed by atoms with van der Waals surface area (Å²) in [7, 11) is 3.24. The maximum absolute atomic E-state index is 13.4. The molecule has 1 heterocycles. The van der Waals surface area contributed by atoms with Gasteiger partial charge in [-0.05, 0) is 73.5 Å². The summed E-state index contributed by atoms with van der Waals surface area (Å²) in [6.45, 7) is 1.90. The van der Waals surface area contributed by atoms with Gasteiger partial charge in [0.15, 0.2) is 5.50 Å². The van der Waals surface area contributed by atoms with Gasteiger partial charge in [0.1, 0.15) is 11.5 Å². The van der Waals surface area contributed by atoms with Gasteiger partial charge in [0.25, 0.3) is 11.8 Å². The van der Waals surface area contributed by atoms with Crippen molar-refractivity contribution in [3.63, 3.8) is 0 Å². The van der Waals surface area contributed by atoms with Crippen molar-refractivity contribution in [2.75, 3.05) is 27.3 Å². The fraction of sp³-hybridized carbons (Fsp3) is 0.345. The van der Waals surface area contributed by atoms with Crippen molar-refractivity contribution in [1.82, 2.24) is 10.2 Å². The number of carbonyl (C=O) groups is 1. The topological polar surface area (TPSA) is 69.3 Å². The first-order valence-corrected chi connectivity index (χ1v) is 12.8. The molecule has 196 valence electrons. The van der Waals surface area contributed by atoms with Crippen LogP contribution in [0, 0.1) is 0 Å². The molecule has 1 atom stereocenters. The van der Waals surface area contributed by atoms with Gasteiger partial charge in [-0.25, -0.2) is 0 Å². The Morgan fingerprint density at radius 3 is 1.78 bits per heavy atom. The molecule has 1 saturated heterocycles. The van der Waals surface area contributed by atoms with Crippen LogP contribution in [0.1, 0.15) is 34.3 Å². The van der Waals surface area contributed by atoms with Crippen LogP contribution < -0.4 is 14.8 Å². The van der Waals surface area contributed by atoms with E-state index in [1.54, 1.807) is 26.4 Å². The number of amides is 1. The number of nitrogens with zero attached hydrogens (tertiary/aromatic N) is 1. The fourth-order valence-corrected chi connectivity index (χ4v) is 4.54. The number of rotatable bonds is 12. The largest absolute Gasteiger partial charge is 0.497 e. The van der Waals surface area contributed by atoms with Gasteiger partial charge in [-0.15, -0.1) is 0 Å². The summed E-state index contributed by atoms with van der Waals surface area (Å²) in [5.41, 5.74) is 1.49. The summed E-state index contributed by atoms with van der Waals surface area (Å²) in [5, 5.41) is 3.00. The SMILES string of the molecule is COc1ccc(COC(NC(=O)c2ccccc2)(OCc2ccc(OC)cc2)C(Cl)N2CCCC2)cc1. The Kier molecular flexibility index (Phi) is 9.41. The Morgan fingerprint density at radius 1 is 0.838 bits per heavy atom. The number of methoxy groups -OCH3 is 2. The summed E-state index contributed by atoms with van der Waals surface area (Å²) >= 11 is 7.09. The highest BCUT2D eigenvalue weighted by molar-refractivity contribution is 6.21. The zero-order valence-electron chi connectivity index (χ0n) is 21.2. The molecular formula is C29H33ClN2O5. The van der Waals surface area contributed by atoms with Crippen LogP contribution in [-0.4, -0.2) is 49.5 Å². The number of alkyl halides is 1. The van der Waals surface area contributed by atoms with E-state index in [-0.39, 0.29) is 19.1 Å². The normalized spacial score (nSPS) is 14.8. The highest BCUT2D eigenvalue weighted by Gasteiger charge is 2.46. The van der Waals surface area contributed by atoms with Crippen molar-refractivity contribution in [3.8, 4) is 11.5 Å². The lowest BCUT2D eigenvalue weighted by molar-refractivity contribution is -0.277. The predicted octanol–water partition coefficient (Wildman–Crippen LogP) is 5.18. The second-order valence-electron chi connectivity index (χ2n) is 8.84. The van der Waals surface area contributed by atoms with Gasteiger partial charge in [0.05, 0.1) is 27.4 Å². The predicted molar refractivity (Wildman–Crippen MR) is 143 cm³/mol. The van der Waals surface area contributed by atoms with Gasteiger partial charge >= 0.3 is 0 Å². The van der Waals surface area contributed by atoms with E-state index in [9.17, 15) is 4.79 Å². The lowest BCUT2D eigenvalue weighted by Gasteiger charge is -2.41. The smallest absolute Gasteiger partial charge is 0.283 e. The molecular weight excluding hydrogens is 492 g/mol. The monoisotopic (exact) mass is 524 g/mol. The van der Waals surface area contributed by atoms with Crippen LogP contribution in [0.25, 0.3) is 0 Å². The fourth-order valence-electron chi connectivity index (χ4n) is 4.16. The first kappa shape index (κ1) is 26.9. The van der Waals surface area contributed by atoms with Crippen molar-refractivity contribution in [2.24, 2.45) is 0 Å². The van der Waals surface area contributed by atoms with Crippen molar-refractivity contribution < 1.29 is 23.7 Å². The molecule has 0 spiro atoms.